The van der Waals surface area contributed by atoms with E-state index in [2.05, 4.69) is 21.2 Å². The van der Waals surface area contributed by atoms with E-state index < -0.39 is 54.2 Å². The zero-order chi connectivity index (χ0) is 29.9. The fraction of sp³-hybridized carbons (Fsp3) is 0.304. The number of benzene rings is 2. The van der Waals surface area contributed by atoms with E-state index in [4.69, 9.17) is 34.8 Å². The molecule has 4 nitrogen and oxygen atoms in total. The molecule has 2 atom stereocenters. The molecule has 0 heterocycles. The number of rotatable bonds is 8. The molecule has 2 aromatic carbocycles. The van der Waals surface area contributed by atoms with Crippen molar-refractivity contribution in [1.82, 2.24) is 10.6 Å². The van der Waals surface area contributed by atoms with Gasteiger partial charge >= 0.3 is 18.3 Å². The molecule has 0 spiro atoms. The summed E-state index contributed by atoms with van der Waals surface area (Å²) in [6, 6.07) is 3.89. The van der Waals surface area contributed by atoms with E-state index in [1.165, 1.54) is 12.1 Å². The van der Waals surface area contributed by atoms with Crippen molar-refractivity contribution < 1.29 is 44.7 Å². The van der Waals surface area contributed by atoms with Gasteiger partial charge in [0.25, 0.3) is 5.91 Å². The van der Waals surface area contributed by atoms with Gasteiger partial charge in [-0.3, -0.25) is 9.59 Å². The molecule has 214 valence electrons. The molecule has 0 aliphatic carbocycles. The van der Waals surface area contributed by atoms with Crippen LogP contribution in [-0.4, -0.2) is 42.7 Å². The van der Waals surface area contributed by atoms with Gasteiger partial charge in [0.15, 0.2) is 0 Å². The molecule has 0 fully saturated rings. The molecule has 2 N–H and O–H groups in total. The van der Waals surface area contributed by atoms with Crippen LogP contribution in [-0.2, 0) is 4.79 Å². The van der Waals surface area contributed by atoms with Crippen LogP contribution < -0.4 is 10.6 Å². The van der Waals surface area contributed by atoms with Gasteiger partial charge in [0.05, 0.1) is 26.5 Å². The summed E-state index contributed by atoms with van der Waals surface area (Å²) in [6.45, 7) is -0.454. The van der Waals surface area contributed by atoms with Gasteiger partial charge in [0.1, 0.15) is 12.6 Å². The second-order valence-corrected chi connectivity index (χ2v) is 10.1. The minimum absolute atomic E-state index is 0.0433. The van der Waals surface area contributed by atoms with E-state index >= 15 is 0 Å². The second kappa shape index (κ2) is 12.6. The highest BCUT2D eigenvalue weighted by molar-refractivity contribution is 9.10. The van der Waals surface area contributed by atoms with Crippen molar-refractivity contribution in [3.05, 3.63) is 72.6 Å². The van der Waals surface area contributed by atoms with Crippen LogP contribution in [0.3, 0.4) is 0 Å². The summed E-state index contributed by atoms with van der Waals surface area (Å²) >= 11 is 20.5. The number of allylic oxidation sites excluding steroid dienone is 1. The number of hydrogen-bond donors (Lipinski definition) is 2. The standard InChI is InChI=1S/C23H16BrCl3F8N2O2/c1-10(19(38)36-9-21(28,29)30)37-20(39)13-4-2-11(6-15(13)24)3-5-14(22(31,32)23(33,34)35)12-7-16(25)18(27)17(26)8-12/h2-8,10,14H,9H2,1H3,(H,36,38)(H,37,39)/b5-3+/t10-,14?/m1/s1. The first-order valence-electron chi connectivity index (χ1n) is 10.5. The fourth-order valence-corrected chi connectivity index (χ4v) is 4.27. The SMILES string of the molecule is C[C@@H](NC(=O)c1ccc(/C=C/C(c2cc(Cl)c(Cl)c(Cl)c2)C(F)(F)C(F)(F)F)cc1Br)C(=O)NCC(F)(F)F. The number of hydrogen-bond acceptors (Lipinski definition) is 2. The van der Waals surface area contributed by atoms with Gasteiger partial charge in [-0.25, -0.2) is 0 Å². The van der Waals surface area contributed by atoms with Crippen molar-refractivity contribution >= 4 is 68.6 Å². The summed E-state index contributed by atoms with van der Waals surface area (Å²) in [7, 11) is 0. The quantitative estimate of drug-likeness (QED) is 0.217. The Morgan fingerprint density at radius 2 is 1.54 bits per heavy atom. The molecule has 16 heteroatoms. The number of carbonyl (C=O) groups is 2. The molecular formula is C23H16BrCl3F8N2O2. The molecule has 0 aromatic heterocycles. The summed E-state index contributed by atoms with van der Waals surface area (Å²) in [5.41, 5.74) is -0.583. The van der Waals surface area contributed by atoms with Gasteiger partial charge in [0.2, 0.25) is 5.91 Å². The average Bonchev–Trinajstić information content (AvgIpc) is 2.79. The van der Waals surface area contributed by atoms with Gasteiger partial charge in [-0.1, -0.05) is 53.0 Å². The molecule has 2 amide bonds. The Hall–Kier alpha value is -2.09. The predicted octanol–water partition coefficient (Wildman–Crippen LogP) is 8.20. The van der Waals surface area contributed by atoms with Crippen LogP contribution in [0.15, 0.2) is 40.9 Å². The van der Waals surface area contributed by atoms with E-state index in [1.54, 1.807) is 5.32 Å². The lowest BCUT2D eigenvalue weighted by Gasteiger charge is -2.27. The van der Waals surface area contributed by atoms with Crippen molar-refractivity contribution in [3.63, 3.8) is 0 Å². The maximum Gasteiger partial charge on any atom is 0.454 e. The third-order valence-electron chi connectivity index (χ3n) is 5.06. The first kappa shape index (κ1) is 33.1. The Labute approximate surface area is 239 Å². The van der Waals surface area contributed by atoms with Crippen LogP contribution >= 0.6 is 50.7 Å². The average molecular weight is 691 g/mol. The molecule has 0 radical (unpaired) electrons. The van der Waals surface area contributed by atoms with Crippen LogP contribution in [0.25, 0.3) is 6.08 Å². The van der Waals surface area contributed by atoms with Crippen molar-refractivity contribution in [2.75, 3.05) is 6.54 Å². The monoisotopic (exact) mass is 688 g/mol. The molecule has 1 unspecified atom stereocenters. The molecular weight excluding hydrogens is 675 g/mol. The highest BCUT2D eigenvalue weighted by atomic mass is 79.9. The van der Waals surface area contributed by atoms with E-state index in [9.17, 15) is 44.7 Å². The normalized spacial score (nSPS) is 14.3. The van der Waals surface area contributed by atoms with E-state index in [0.29, 0.717) is 6.08 Å². The van der Waals surface area contributed by atoms with Crippen LogP contribution in [0.1, 0.15) is 34.3 Å². The summed E-state index contributed by atoms with van der Waals surface area (Å²) < 4.78 is 105. The lowest BCUT2D eigenvalue weighted by atomic mass is 9.90. The van der Waals surface area contributed by atoms with Gasteiger partial charge in [-0.15, -0.1) is 0 Å². The molecule has 0 saturated heterocycles. The van der Waals surface area contributed by atoms with Crippen LogP contribution in [0.2, 0.25) is 15.1 Å². The Morgan fingerprint density at radius 1 is 0.974 bits per heavy atom. The zero-order valence-corrected chi connectivity index (χ0v) is 23.1. The molecule has 2 aromatic rings. The largest absolute Gasteiger partial charge is 0.454 e. The van der Waals surface area contributed by atoms with E-state index in [-0.39, 0.29) is 30.7 Å². The third kappa shape index (κ3) is 8.70. The zero-order valence-electron chi connectivity index (χ0n) is 19.3. The summed E-state index contributed by atoms with van der Waals surface area (Å²) in [4.78, 5) is 24.2. The molecule has 0 aliphatic heterocycles. The summed E-state index contributed by atoms with van der Waals surface area (Å²) in [6.07, 6.45) is -9.06. The molecule has 0 saturated carbocycles. The Kier molecular flexibility index (Phi) is 10.7. The van der Waals surface area contributed by atoms with E-state index in [1.807, 2.05) is 0 Å². The smallest absolute Gasteiger partial charge is 0.345 e. The number of alkyl halides is 8. The maximum absolute atomic E-state index is 14.5. The van der Waals surface area contributed by atoms with E-state index in [0.717, 1.165) is 31.2 Å². The maximum atomic E-state index is 14.5. The number of halogens is 12. The topological polar surface area (TPSA) is 58.2 Å². The van der Waals surface area contributed by atoms with Crippen molar-refractivity contribution in [2.24, 2.45) is 0 Å². The third-order valence-corrected chi connectivity index (χ3v) is 6.91. The Balaban J connectivity index is 2.31. The highest BCUT2D eigenvalue weighted by Gasteiger charge is 2.62. The minimum Gasteiger partial charge on any atom is -0.345 e. The predicted molar refractivity (Wildman–Crippen MR) is 134 cm³/mol. The van der Waals surface area contributed by atoms with Crippen molar-refractivity contribution in [1.29, 1.82) is 0 Å². The number of amides is 2. The summed E-state index contributed by atoms with van der Waals surface area (Å²) in [5.74, 6) is -9.79. The minimum atomic E-state index is -5.94. The molecule has 0 bridgehead atoms. The molecule has 0 aliphatic rings. The second-order valence-electron chi connectivity index (χ2n) is 8.02. The number of nitrogens with one attached hydrogen (secondary N) is 2. The fourth-order valence-electron chi connectivity index (χ4n) is 3.08. The van der Waals surface area contributed by atoms with Crippen molar-refractivity contribution in [3.8, 4) is 0 Å². The van der Waals surface area contributed by atoms with Gasteiger partial charge in [0, 0.05) is 4.47 Å². The Bertz CT molecular complexity index is 1250. The lowest BCUT2D eigenvalue weighted by Crippen LogP contribution is -2.47. The van der Waals surface area contributed by atoms with Gasteiger partial charge < -0.3 is 10.6 Å². The molecule has 39 heavy (non-hydrogen) atoms. The van der Waals surface area contributed by atoms with Crippen LogP contribution in [0, 0.1) is 0 Å². The summed E-state index contributed by atoms with van der Waals surface area (Å²) in [5, 5.41) is 2.89. The first-order valence-corrected chi connectivity index (χ1v) is 12.4. The van der Waals surface area contributed by atoms with Crippen molar-refractivity contribution in [2.45, 2.75) is 37.2 Å². The van der Waals surface area contributed by atoms with Crippen LogP contribution in [0.4, 0.5) is 35.1 Å². The van der Waals surface area contributed by atoms with Gasteiger partial charge in [-0.05, 0) is 58.2 Å². The molecule has 2 rings (SSSR count). The Morgan fingerprint density at radius 3 is 2.03 bits per heavy atom. The highest BCUT2D eigenvalue weighted by Crippen LogP contribution is 2.48. The van der Waals surface area contributed by atoms with Gasteiger partial charge in [-0.2, -0.15) is 35.1 Å². The van der Waals surface area contributed by atoms with Crippen LogP contribution in [0.5, 0.6) is 0 Å². The lowest BCUT2D eigenvalue weighted by molar-refractivity contribution is -0.286. The number of carbonyl (C=O) groups excluding carboxylic acids is 2. The first-order chi connectivity index (χ1) is 17.7.